The molecular weight excluding hydrogens is 604 g/mol. The summed E-state index contributed by atoms with van der Waals surface area (Å²) >= 11 is 0. The van der Waals surface area contributed by atoms with Crippen LogP contribution in [0.1, 0.15) is 38.9 Å². The zero-order valence-corrected chi connectivity index (χ0v) is 24.5. The maximum atomic E-state index is 15.6. The van der Waals surface area contributed by atoms with Gasteiger partial charge < -0.3 is 18.8 Å². The Labute approximate surface area is 260 Å². The number of benzene rings is 3. The van der Waals surface area contributed by atoms with Gasteiger partial charge in [-0.15, -0.1) is 0 Å². The van der Waals surface area contributed by atoms with Crippen molar-refractivity contribution in [2.45, 2.75) is 19.1 Å². The predicted octanol–water partition coefficient (Wildman–Crippen LogP) is 6.50. The van der Waals surface area contributed by atoms with Crippen LogP contribution in [-0.2, 0) is 22.5 Å². The Morgan fingerprint density at radius 2 is 1.83 bits per heavy atom. The fourth-order valence-electron chi connectivity index (χ4n) is 5.52. The zero-order chi connectivity index (χ0) is 32.4. The maximum Gasteiger partial charge on any atom is 0.337 e. The minimum atomic E-state index is -0.749. The highest BCUT2D eigenvalue weighted by atomic mass is 19.1. The zero-order valence-electron chi connectivity index (χ0n) is 24.5. The first-order valence-corrected chi connectivity index (χ1v) is 14.3. The summed E-state index contributed by atoms with van der Waals surface area (Å²) in [6, 6.07) is 16.7. The van der Waals surface area contributed by atoms with Crippen molar-refractivity contribution in [3.8, 4) is 23.2 Å². The molecule has 0 aliphatic carbocycles. The second kappa shape index (κ2) is 13.0. The minimum absolute atomic E-state index is 0.00501. The van der Waals surface area contributed by atoms with Gasteiger partial charge in [0.25, 0.3) is 0 Å². The monoisotopic (exact) mass is 630 g/mol. The molecule has 0 radical (unpaired) electrons. The molecule has 2 aromatic heterocycles. The first-order chi connectivity index (χ1) is 22.3. The van der Waals surface area contributed by atoms with Crippen LogP contribution in [0.2, 0.25) is 0 Å². The lowest BCUT2D eigenvalue weighted by atomic mass is 10.0. The third kappa shape index (κ3) is 6.01. The van der Waals surface area contributed by atoms with E-state index in [-0.39, 0.29) is 65.6 Å². The van der Waals surface area contributed by atoms with Gasteiger partial charge in [0, 0.05) is 29.5 Å². The number of methoxy groups -OCH3 is 1. The summed E-state index contributed by atoms with van der Waals surface area (Å²) in [5.41, 5.74) is 1.63. The van der Waals surface area contributed by atoms with Crippen molar-refractivity contribution in [1.82, 2.24) is 14.5 Å². The van der Waals surface area contributed by atoms with Crippen LogP contribution in [0, 0.1) is 34.7 Å². The molecule has 3 aromatic carbocycles. The molecule has 3 heterocycles. The summed E-state index contributed by atoms with van der Waals surface area (Å²) in [6.07, 6.45) is -0.131. The maximum absolute atomic E-state index is 15.6. The normalized spacial score (nSPS) is 16.0. The number of halogens is 4. The van der Waals surface area contributed by atoms with Gasteiger partial charge in [-0.3, -0.25) is 4.39 Å². The van der Waals surface area contributed by atoms with E-state index < -0.39 is 42.1 Å². The van der Waals surface area contributed by atoms with Crippen molar-refractivity contribution >= 4 is 17.0 Å². The van der Waals surface area contributed by atoms with Crippen molar-refractivity contribution in [3.05, 3.63) is 112 Å². The minimum Gasteiger partial charge on any atom is -0.473 e. The van der Waals surface area contributed by atoms with E-state index >= 15 is 8.78 Å². The number of imidazole rings is 1. The highest BCUT2D eigenvalue weighted by molar-refractivity contribution is 5.93. The van der Waals surface area contributed by atoms with Crippen molar-refractivity contribution in [2.24, 2.45) is 5.92 Å². The van der Waals surface area contributed by atoms with E-state index in [0.717, 1.165) is 18.2 Å². The van der Waals surface area contributed by atoms with Crippen molar-refractivity contribution in [3.63, 3.8) is 0 Å². The molecular formula is C34H26F4N4O4. The average molecular weight is 631 g/mol. The molecule has 1 fully saturated rings. The molecule has 0 amide bonds. The fraction of sp³-hybridized carbons (Fsp3) is 0.235. The Morgan fingerprint density at radius 3 is 2.59 bits per heavy atom. The summed E-state index contributed by atoms with van der Waals surface area (Å²) < 4.78 is 77.1. The number of alkyl halides is 1. The second-order valence-electron chi connectivity index (χ2n) is 10.8. The number of hydrogen-bond donors (Lipinski definition) is 0. The molecule has 12 heteroatoms. The number of ether oxygens (including phenoxy) is 3. The molecule has 0 N–H and O–H groups in total. The Morgan fingerprint density at radius 1 is 1.00 bits per heavy atom. The van der Waals surface area contributed by atoms with Gasteiger partial charge in [-0.1, -0.05) is 12.1 Å². The lowest BCUT2D eigenvalue weighted by Gasteiger charge is -2.20. The highest BCUT2D eigenvalue weighted by Crippen LogP contribution is 2.34. The van der Waals surface area contributed by atoms with E-state index in [2.05, 4.69) is 9.97 Å². The van der Waals surface area contributed by atoms with Crippen LogP contribution in [0.15, 0.2) is 66.7 Å². The van der Waals surface area contributed by atoms with Crippen LogP contribution in [0.3, 0.4) is 0 Å². The van der Waals surface area contributed by atoms with Gasteiger partial charge in [-0.05, 0) is 54.1 Å². The van der Waals surface area contributed by atoms with Gasteiger partial charge in [-0.25, -0.2) is 27.9 Å². The van der Waals surface area contributed by atoms with Crippen molar-refractivity contribution < 1.29 is 36.6 Å². The summed E-state index contributed by atoms with van der Waals surface area (Å²) in [4.78, 5) is 21.1. The number of pyridine rings is 1. The number of nitrogens with zero attached hydrogens (tertiary/aromatic N) is 4. The first-order valence-electron chi connectivity index (χ1n) is 14.3. The summed E-state index contributed by atoms with van der Waals surface area (Å²) in [6.45, 7) is -0.475. The predicted molar refractivity (Wildman–Crippen MR) is 158 cm³/mol. The summed E-state index contributed by atoms with van der Waals surface area (Å²) in [7, 11) is 1.26. The van der Waals surface area contributed by atoms with E-state index in [1.165, 1.54) is 31.4 Å². The molecule has 1 aliphatic heterocycles. The number of rotatable bonds is 9. The SMILES string of the molecule is COC(=O)c1ccc2nc(Cc3cc(F)c(-c4cccc(OCc5ccc(C#N)cc5F)n4)cc3F)n([C@H]3COC[C@H]3CF)c2c1. The van der Waals surface area contributed by atoms with Gasteiger partial charge >= 0.3 is 5.97 Å². The topological polar surface area (TPSA) is 99.3 Å². The lowest BCUT2D eigenvalue weighted by molar-refractivity contribution is 0.0601. The highest BCUT2D eigenvalue weighted by Gasteiger charge is 2.33. The molecule has 6 rings (SSSR count). The van der Waals surface area contributed by atoms with E-state index in [1.807, 2.05) is 6.07 Å². The number of aromatic nitrogens is 3. The Kier molecular flexibility index (Phi) is 8.68. The molecule has 1 saturated heterocycles. The Bertz CT molecular complexity index is 1990. The smallest absolute Gasteiger partial charge is 0.337 e. The molecule has 2 atom stereocenters. The molecule has 5 aromatic rings. The molecule has 0 bridgehead atoms. The quantitative estimate of drug-likeness (QED) is 0.135. The standard InChI is InChI=1S/C34H26F4N4O4/c1-44-34(43)20-7-8-29-30(11-20)42(31-18-45-16-23(31)14-35)32(40-29)12-22-10-27(38)24(13-26(22)37)28-3-2-4-33(41-28)46-17-21-6-5-19(15-39)9-25(21)36/h2-11,13,23,31H,12,14,16-18H2,1H3/t23-,31+/m1/s1. The molecule has 8 nitrogen and oxygen atoms in total. The average Bonchev–Trinajstić information content (AvgIpc) is 3.68. The van der Waals surface area contributed by atoms with E-state index in [1.54, 1.807) is 28.8 Å². The Hall–Kier alpha value is -5.28. The lowest BCUT2D eigenvalue weighted by Crippen LogP contribution is -2.21. The van der Waals surface area contributed by atoms with E-state index in [9.17, 15) is 13.6 Å². The third-order valence-corrected chi connectivity index (χ3v) is 7.92. The van der Waals surface area contributed by atoms with Crippen LogP contribution in [0.5, 0.6) is 5.88 Å². The molecule has 46 heavy (non-hydrogen) atoms. The number of carbonyl (C=O) groups is 1. The van der Waals surface area contributed by atoms with E-state index in [0.29, 0.717) is 16.9 Å². The van der Waals surface area contributed by atoms with Gasteiger partial charge in [0.05, 0.1) is 67.0 Å². The van der Waals surface area contributed by atoms with Gasteiger partial charge in [-0.2, -0.15) is 5.26 Å². The van der Waals surface area contributed by atoms with Crippen LogP contribution >= 0.6 is 0 Å². The third-order valence-electron chi connectivity index (χ3n) is 7.92. The van der Waals surface area contributed by atoms with Crippen molar-refractivity contribution in [2.75, 3.05) is 27.0 Å². The number of fused-ring (bicyclic) bond motifs is 1. The van der Waals surface area contributed by atoms with Gasteiger partial charge in [0.15, 0.2) is 0 Å². The van der Waals surface area contributed by atoms with Gasteiger partial charge in [0.2, 0.25) is 5.88 Å². The van der Waals surface area contributed by atoms with Crippen LogP contribution < -0.4 is 4.74 Å². The molecule has 0 unspecified atom stereocenters. The second-order valence-corrected chi connectivity index (χ2v) is 10.8. The molecule has 0 spiro atoms. The molecule has 234 valence electrons. The number of esters is 1. The number of carbonyl (C=O) groups excluding carboxylic acids is 1. The number of nitriles is 1. The molecule has 0 saturated carbocycles. The fourth-order valence-corrected chi connectivity index (χ4v) is 5.52. The largest absolute Gasteiger partial charge is 0.473 e. The van der Waals surface area contributed by atoms with Crippen LogP contribution in [0.25, 0.3) is 22.3 Å². The number of hydrogen-bond acceptors (Lipinski definition) is 7. The summed E-state index contributed by atoms with van der Waals surface area (Å²) in [5.74, 6) is -2.72. The van der Waals surface area contributed by atoms with Crippen LogP contribution in [-0.4, -0.2) is 47.5 Å². The van der Waals surface area contributed by atoms with Crippen molar-refractivity contribution in [1.29, 1.82) is 5.26 Å². The summed E-state index contributed by atoms with van der Waals surface area (Å²) in [5, 5.41) is 8.92. The van der Waals surface area contributed by atoms with Crippen LogP contribution in [0.4, 0.5) is 17.6 Å². The molecule has 1 aliphatic rings. The van der Waals surface area contributed by atoms with Gasteiger partial charge in [0.1, 0.15) is 29.9 Å². The van der Waals surface area contributed by atoms with E-state index in [4.69, 9.17) is 19.5 Å². The Balaban J connectivity index is 1.30. The first kappa shape index (κ1) is 30.7.